The molecule has 0 radical (unpaired) electrons. The van der Waals surface area contributed by atoms with Gasteiger partial charge in [-0.25, -0.2) is 4.79 Å². The molecule has 6 aliphatic rings. The number of amides is 1. The van der Waals surface area contributed by atoms with Crippen LogP contribution in [0.2, 0.25) is 0 Å². The number of rotatable bonds is 10. The Morgan fingerprint density at radius 2 is 1.83 bits per heavy atom. The van der Waals surface area contributed by atoms with Crippen molar-refractivity contribution in [2.45, 2.75) is 92.7 Å². The molecule has 16 nitrogen and oxygen atoms in total. The molecule has 1 saturated carbocycles. The summed E-state index contributed by atoms with van der Waals surface area (Å²) in [5.74, 6) is -6.60. The van der Waals surface area contributed by atoms with Gasteiger partial charge in [0, 0.05) is 53.9 Å². The number of fused-ring (bicyclic) bond motifs is 1. The van der Waals surface area contributed by atoms with Gasteiger partial charge in [-0.15, -0.1) is 0 Å². The first-order chi connectivity index (χ1) is 28.8. The van der Waals surface area contributed by atoms with Gasteiger partial charge in [-0.05, 0) is 96.5 Å². The maximum Gasteiger partial charge on any atom is 0.355 e. The highest BCUT2D eigenvalue weighted by molar-refractivity contribution is 6.32. The third-order valence-corrected chi connectivity index (χ3v) is 13.6. The molecule has 4 aliphatic heterocycles. The smallest absolute Gasteiger partial charge is 0.355 e. The molecule has 0 bridgehead atoms. The van der Waals surface area contributed by atoms with Crippen molar-refractivity contribution in [2.75, 3.05) is 30.0 Å². The molecule has 16 heteroatoms. The van der Waals surface area contributed by atoms with Gasteiger partial charge in [-0.3, -0.25) is 19.7 Å². The number of carbonyl (C=O) groups is 2. The Balaban J connectivity index is 1.14. The van der Waals surface area contributed by atoms with Crippen LogP contribution in [-0.2, 0) is 32.6 Å². The van der Waals surface area contributed by atoms with Crippen LogP contribution in [0.3, 0.4) is 0 Å². The summed E-state index contributed by atoms with van der Waals surface area (Å²) >= 11 is 0. The van der Waals surface area contributed by atoms with Gasteiger partial charge in [0.05, 0.1) is 18.0 Å². The van der Waals surface area contributed by atoms with E-state index in [0.29, 0.717) is 48.5 Å². The summed E-state index contributed by atoms with van der Waals surface area (Å²) in [4.78, 5) is 37.8. The fourth-order valence-corrected chi connectivity index (χ4v) is 10.9. The van der Waals surface area contributed by atoms with E-state index in [9.17, 15) is 50.4 Å². The molecule has 9 rings (SSSR count). The zero-order valence-electron chi connectivity index (χ0n) is 32.6. The molecule has 0 unspecified atom stereocenters. The molecular formula is C44H48N4O12. The van der Waals surface area contributed by atoms with Crippen molar-refractivity contribution >= 4 is 41.3 Å². The maximum atomic E-state index is 14.6. The molecule has 2 fully saturated rings. The van der Waals surface area contributed by atoms with Crippen LogP contribution in [0.1, 0.15) is 65.8 Å². The molecule has 2 aliphatic carbocycles. The van der Waals surface area contributed by atoms with Gasteiger partial charge in [0.1, 0.15) is 36.8 Å². The van der Waals surface area contributed by atoms with Gasteiger partial charge in [0.2, 0.25) is 0 Å². The minimum absolute atomic E-state index is 0.0339. The highest BCUT2D eigenvalue weighted by Gasteiger charge is 2.59. The summed E-state index contributed by atoms with van der Waals surface area (Å²) in [5.41, 5.74) is 5.19. The molecule has 1 saturated heterocycles. The van der Waals surface area contributed by atoms with Gasteiger partial charge in [0.25, 0.3) is 5.91 Å². The number of benzene rings is 3. The lowest BCUT2D eigenvalue weighted by molar-refractivity contribution is -0.422. The third kappa shape index (κ3) is 6.53. The van der Waals surface area contributed by atoms with Crippen LogP contribution >= 0.6 is 0 Å². The second kappa shape index (κ2) is 15.3. The molecule has 9 N–H and O–H groups in total. The van der Waals surface area contributed by atoms with Crippen LogP contribution in [0.4, 0.5) is 11.4 Å². The lowest BCUT2D eigenvalue weighted by Crippen LogP contribution is -2.67. The molecule has 60 heavy (non-hydrogen) atoms. The first-order valence-electron chi connectivity index (χ1n) is 20.4. The van der Waals surface area contributed by atoms with Gasteiger partial charge < -0.3 is 55.6 Å². The number of aliphatic hydroxyl groups is 5. The number of aliphatic imine (C=N–C) groups is 2. The van der Waals surface area contributed by atoms with Crippen molar-refractivity contribution in [2.24, 2.45) is 21.8 Å². The second-order valence-corrected chi connectivity index (χ2v) is 16.8. The monoisotopic (exact) mass is 824 g/mol. The van der Waals surface area contributed by atoms with E-state index in [-0.39, 0.29) is 23.3 Å². The number of aliphatic carboxylic acids is 1. The number of ether oxygens (including phenoxy) is 2. The van der Waals surface area contributed by atoms with Crippen molar-refractivity contribution in [1.82, 2.24) is 0 Å². The number of aromatic hydroxyl groups is 2. The molecule has 0 spiro atoms. The SMILES string of the molecule is O=C(O)[C@H]1[C@@H](C[C@]23c4c5cccc4NC[C@@H]2CCC[C@H]3CC5)c2cc(O)c(O[C@@]3(O)O[C@H](CO)[C@@H](O)[C@H](O)[C@H]3O)cc2N1C(=O)C=Cc1ccc(O)c(CC2=NCN=C2)c1. The number of anilines is 2. The Labute approximate surface area is 344 Å². The third-order valence-electron chi connectivity index (χ3n) is 13.6. The van der Waals surface area contributed by atoms with E-state index < -0.39 is 77.7 Å². The average molecular weight is 825 g/mol. The standard InChI is InChI=1S/C44H48N4O12/c49-20-35-39(53)40(54)41(55)44(58,60-35)59-34-16-31-28(15-33(34)51)29(17-43-25-4-2-5-26(43)18-46-30-6-1-3-23(9-10-25)37(30)43)38(42(56)57)48(31)36(52)12-8-22-7-11-32(50)24(13-22)14-27-19-45-21-47-27/h1,3,6-8,11-13,15-16,19,25-26,29,35,38-41,46,49-51,53-55,58H,2,4-5,9-10,14,17-18,20-21H2,(H,56,57)/t25-,26-,29-,35+,38+,39+,40-,41+,43+,44+/m0/s1. The second-order valence-electron chi connectivity index (χ2n) is 16.8. The number of carboxylic acids is 1. The van der Waals surface area contributed by atoms with Crippen LogP contribution in [0.15, 0.2) is 64.6 Å². The highest BCUT2D eigenvalue weighted by Crippen LogP contribution is 2.62. The molecule has 316 valence electrons. The number of carboxylic acid groups (broad SMARTS) is 1. The van der Waals surface area contributed by atoms with Gasteiger partial charge in [-0.1, -0.05) is 24.6 Å². The number of aliphatic hydroxyl groups excluding tert-OH is 4. The first kappa shape index (κ1) is 40.1. The molecule has 4 heterocycles. The molecule has 3 aromatic carbocycles. The summed E-state index contributed by atoms with van der Waals surface area (Å²) in [6, 6.07) is 12.1. The topological polar surface area (TPSA) is 254 Å². The number of hydrogen-bond acceptors (Lipinski definition) is 14. The normalized spacial score (nSPS) is 32.6. The highest BCUT2D eigenvalue weighted by atomic mass is 16.8. The van der Waals surface area contributed by atoms with E-state index in [2.05, 4.69) is 27.4 Å². The van der Waals surface area contributed by atoms with Crippen LogP contribution in [-0.4, -0.2) is 121 Å². The lowest BCUT2D eigenvalue weighted by atomic mass is 9.48. The minimum Gasteiger partial charge on any atom is -0.508 e. The number of nitrogens with zero attached hydrogens (tertiary/aromatic N) is 3. The Morgan fingerprint density at radius 3 is 2.60 bits per heavy atom. The van der Waals surface area contributed by atoms with Crippen LogP contribution in [0, 0.1) is 11.8 Å². The van der Waals surface area contributed by atoms with Gasteiger partial charge in [-0.2, -0.15) is 0 Å². The van der Waals surface area contributed by atoms with Crippen LogP contribution in [0.5, 0.6) is 17.2 Å². The largest absolute Gasteiger partial charge is 0.508 e. The Morgan fingerprint density at radius 1 is 1.02 bits per heavy atom. The predicted octanol–water partition coefficient (Wildman–Crippen LogP) is 2.33. The molecule has 10 atom stereocenters. The summed E-state index contributed by atoms with van der Waals surface area (Å²) < 4.78 is 11.0. The molecule has 1 amide bonds. The molecule has 3 aromatic rings. The van der Waals surface area contributed by atoms with E-state index in [1.807, 2.05) is 6.07 Å². The fraction of sp³-hybridized carbons (Fsp3) is 0.455. The first-order valence-corrected chi connectivity index (χ1v) is 20.4. The fourth-order valence-electron chi connectivity index (χ4n) is 10.9. The number of nitrogens with one attached hydrogen (secondary N) is 1. The van der Waals surface area contributed by atoms with Crippen LogP contribution in [0.25, 0.3) is 6.08 Å². The van der Waals surface area contributed by atoms with E-state index in [0.717, 1.165) is 42.7 Å². The van der Waals surface area contributed by atoms with Crippen molar-refractivity contribution in [3.05, 3.63) is 82.4 Å². The zero-order chi connectivity index (χ0) is 42.1. The van der Waals surface area contributed by atoms with Crippen LogP contribution < -0.4 is 15.0 Å². The Kier molecular flexibility index (Phi) is 10.2. The zero-order valence-corrected chi connectivity index (χ0v) is 32.6. The van der Waals surface area contributed by atoms with E-state index in [1.54, 1.807) is 18.3 Å². The van der Waals surface area contributed by atoms with Crippen molar-refractivity contribution in [3.63, 3.8) is 0 Å². The predicted molar refractivity (Wildman–Crippen MR) is 217 cm³/mol. The summed E-state index contributed by atoms with van der Waals surface area (Å²) in [6.07, 6.45) is 2.09. The Bertz CT molecular complexity index is 2280. The lowest BCUT2D eigenvalue weighted by Gasteiger charge is -2.57. The summed E-state index contributed by atoms with van der Waals surface area (Å²) in [6.45, 7) is 0.143. The quantitative estimate of drug-likeness (QED) is 0.105. The summed E-state index contributed by atoms with van der Waals surface area (Å²) in [5, 5.41) is 89.6. The van der Waals surface area contributed by atoms with E-state index in [4.69, 9.17) is 9.47 Å². The number of hydrogen-bond donors (Lipinski definition) is 9. The minimum atomic E-state index is -3.10. The number of aryl methyl sites for hydroxylation is 1. The average Bonchev–Trinajstić information content (AvgIpc) is 3.86. The van der Waals surface area contributed by atoms with E-state index >= 15 is 0 Å². The molecule has 0 aromatic heterocycles. The number of phenolic OH excluding ortho intramolecular Hbond substituents is 2. The number of carbonyl (C=O) groups excluding carboxylic acids is 1. The summed E-state index contributed by atoms with van der Waals surface area (Å²) in [7, 11) is 0. The van der Waals surface area contributed by atoms with Gasteiger partial charge >= 0.3 is 11.9 Å². The number of phenols is 2. The van der Waals surface area contributed by atoms with Crippen molar-refractivity contribution < 1.29 is 59.9 Å². The van der Waals surface area contributed by atoms with Gasteiger partial charge in [0.15, 0.2) is 17.6 Å². The van der Waals surface area contributed by atoms with Crippen molar-refractivity contribution in [1.29, 1.82) is 0 Å². The van der Waals surface area contributed by atoms with E-state index in [1.165, 1.54) is 41.5 Å². The molecular weight excluding hydrogens is 776 g/mol. The maximum absolute atomic E-state index is 14.6. The van der Waals surface area contributed by atoms with Crippen molar-refractivity contribution in [3.8, 4) is 17.2 Å². The Hall–Kier alpha value is -5.36.